The van der Waals surface area contributed by atoms with Crippen LogP contribution in [-0.4, -0.2) is 23.1 Å². The molecule has 0 aliphatic carbocycles. The number of anilines is 1. The highest BCUT2D eigenvalue weighted by Gasteiger charge is 2.15. The lowest BCUT2D eigenvalue weighted by Gasteiger charge is -2.22. The zero-order chi connectivity index (χ0) is 11.7. The van der Waals surface area contributed by atoms with Crippen molar-refractivity contribution in [3.05, 3.63) is 24.0 Å². The van der Waals surface area contributed by atoms with E-state index >= 15 is 0 Å². The molecule has 4 nitrogen and oxygen atoms in total. The average molecular weight is 231 g/mol. The number of nitrogen functional groups attached to an aromatic ring is 1. The second-order valence-electron chi connectivity index (χ2n) is 4.95. The Morgan fingerprint density at radius 3 is 2.88 bits per heavy atom. The van der Waals surface area contributed by atoms with E-state index in [2.05, 4.69) is 9.97 Å². The van der Waals surface area contributed by atoms with Gasteiger partial charge in [-0.2, -0.15) is 0 Å². The molecule has 90 valence electrons. The van der Waals surface area contributed by atoms with Gasteiger partial charge in [0.1, 0.15) is 6.54 Å². The van der Waals surface area contributed by atoms with Gasteiger partial charge in [0.15, 0.2) is 5.82 Å². The second kappa shape index (κ2) is 4.37. The monoisotopic (exact) mass is 231 g/mol. The Hall–Kier alpha value is -1.55. The zero-order valence-electron chi connectivity index (χ0n) is 10.00. The minimum Gasteiger partial charge on any atom is -0.399 e. The Labute approximate surface area is 101 Å². The number of aromatic nitrogens is 2. The lowest BCUT2D eigenvalue weighted by Crippen LogP contribution is -3.11. The maximum Gasteiger partial charge on any atom is 0.162 e. The number of H-pyrrole nitrogens is 1. The Morgan fingerprint density at radius 1 is 1.24 bits per heavy atom. The lowest BCUT2D eigenvalue weighted by molar-refractivity contribution is -0.919. The molecular formula is C13H19N4+. The van der Waals surface area contributed by atoms with Gasteiger partial charge in [-0.1, -0.05) is 0 Å². The SMILES string of the molecule is Nc1ccc2nc(C[NH+]3CCCCC3)[nH]c2c1. The van der Waals surface area contributed by atoms with E-state index in [9.17, 15) is 0 Å². The van der Waals surface area contributed by atoms with Crippen LogP contribution >= 0.6 is 0 Å². The third-order valence-electron chi connectivity index (χ3n) is 3.53. The van der Waals surface area contributed by atoms with Gasteiger partial charge in [-0.05, 0) is 37.5 Å². The van der Waals surface area contributed by atoms with Crippen molar-refractivity contribution in [2.75, 3.05) is 18.8 Å². The Morgan fingerprint density at radius 2 is 2.06 bits per heavy atom. The summed E-state index contributed by atoms with van der Waals surface area (Å²) in [5, 5.41) is 0. The largest absolute Gasteiger partial charge is 0.399 e. The number of benzene rings is 1. The number of nitrogens with one attached hydrogen (secondary N) is 2. The van der Waals surface area contributed by atoms with E-state index in [1.54, 1.807) is 4.90 Å². The van der Waals surface area contributed by atoms with Crippen LogP contribution in [0.2, 0.25) is 0 Å². The van der Waals surface area contributed by atoms with Gasteiger partial charge in [0, 0.05) is 5.69 Å². The van der Waals surface area contributed by atoms with Crippen molar-refractivity contribution in [2.45, 2.75) is 25.8 Å². The minimum absolute atomic E-state index is 0.790. The van der Waals surface area contributed by atoms with Crippen LogP contribution in [0.15, 0.2) is 18.2 Å². The summed E-state index contributed by atoms with van der Waals surface area (Å²) in [5.74, 6) is 1.09. The summed E-state index contributed by atoms with van der Waals surface area (Å²) in [5.41, 5.74) is 8.63. The molecule has 17 heavy (non-hydrogen) atoms. The van der Waals surface area contributed by atoms with Gasteiger partial charge < -0.3 is 15.6 Å². The van der Waals surface area contributed by atoms with E-state index in [4.69, 9.17) is 5.73 Å². The van der Waals surface area contributed by atoms with E-state index in [-0.39, 0.29) is 0 Å². The number of rotatable bonds is 2. The van der Waals surface area contributed by atoms with Crippen LogP contribution in [0, 0.1) is 0 Å². The van der Waals surface area contributed by atoms with Gasteiger partial charge in [-0.15, -0.1) is 0 Å². The maximum atomic E-state index is 5.76. The summed E-state index contributed by atoms with van der Waals surface area (Å²) in [6.07, 6.45) is 4.09. The first-order chi connectivity index (χ1) is 8.31. The topological polar surface area (TPSA) is 59.1 Å². The van der Waals surface area contributed by atoms with Crippen LogP contribution in [0.4, 0.5) is 5.69 Å². The van der Waals surface area contributed by atoms with E-state index < -0.39 is 0 Å². The fraction of sp³-hybridized carbons (Fsp3) is 0.462. The molecule has 0 atom stereocenters. The second-order valence-corrected chi connectivity index (χ2v) is 4.95. The number of nitrogens with zero attached hydrogens (tertiary/aromatic N) is 1. The fourth-order valence-corrected chi connectivity index (χ4v) is 2.63. The third kappa shape index (κ3) is 2.26. The number of hydrogen-bond acceptors (Lipinski definition) is 2. The normalized spacial score (nSPS) is 17.6. The minimum atomic E-state index is 0.790. The number of quaternary nitrogens is 1. The van der Waals surface area contributed by atoms with Crippen LogP contribution in [0.5, 0.6) is 0 Å². The standard InChI is InChI=1S/C13H18N4/c14-10-4-5-11-12(8-10)16-13(15-11)9-17-6-2-1-3-7-17/h4-5,8H,1-3,6-7,9,14H2,(H,15,16)/p+1. The van der Waals surface area contributed by atoms with Gasteiger partial charge in [0.2, 0.25) is 0 Å². The van der Waals surface area contributed by atoms with Crippen LogP contribution in [0.25, 0.3) is 11.0 Å². The predicted octanol–water partition coefficient (Wildman–Crippen LogP) is 0.714. The molecule has 2 aromatic rings. The molecule has 4 N–H and O–H groups in total. The molecule has 0 amide bonds. The average Bonchev–Trinajstić information content (AvgIpc) is 2.71. The molecule has 0 unspecified atom stereocenters. The summed E-state index contributed by atoms with van der Waals surface area (Å²) in [7, 11) is 0. The number of aromatic amines is 1. The van der Waals surface area contributed by atoms with Crippen molar-refractivity contribution < 1.29 is 4.90 Å². The van der Waals surface area contributed by atoms with E-state index in [1.165, 1.54) is 32.4 Å². The molecule has 1 aliphatic rings. The van der Waals surface area contributed by atoms with Crippen LogP contribution in [0.1, 0.15) is 25.1 Å². The maximum absolute atomic E-state index is 5.76. The van der Waals surface area contributed by atoms with Crippen molar-refractivity contribution >= 4 is 16.7 Å². The third-order valence-corrected chi connectivity index (χ3v) is 3.53. The van der Waals surface area contributed by atoms with Crippen LogP contribution in [0.3, 0.4) is 0 Å². The van der Waals surface area contributed by atoms with Crippen LogP contribution in [-0.2, 0) is 6.54 Å². The zero-order valence-corrected chi connectivity index (χ0v) is 10.00. The number of fused-ring (bicyclic) bond motifs is 1. The molecular weight excluding hydrogens is 212 g/mol. The van der Waals surface area contributed by atoms with E-state index in [0.717, 1.165) is 29.1 Å². The molecule has 2 heterocycles. The molecule has 1 aromatic heterocycles. The highest BCUT2D eigenvalue weighted by atomic mass is 15.1. The van der Waals surface area contributed by atoms with Crippen LogP contribution < -0.4 is 10.6 Å². The Bertz CT molecular complexity index is 511. The summed E-state index contributed by atoms with van der Waals surface area (Å²) in [4.78, 5) is 9.63. The summed E-state index contributed by atoms with van der Waals surface area (Å²) < 4.78 is 0. The van der Waals surface area contributed by atoms with Crippen molar-refractivity contribution in [2.24, 2.45) is 0 Å². The van der Waals surface area contributed by atoms with E-state index in [1.807, 2.05) is 18.2 Å². The smallest absolute Gasteiger partial charge is 0.162 e. The fourth-order valence-electron chi connectivity index (χ4n) is 2.63. The van der Waals surface area contributed by atoms with Crippen molar-refractivity contribution in [1.82, 2.24) is 9.97 Å². The number of imidazole rings is 1. The Balaban J connectivity index is 1.80. The lowest BCUT2D eigenvalue weighted by atomic mass is 10.1. The predicted molar refractivity (Wildman–Crippen MR) is 68.8 cm³/mol. The molecule has 1 aliphatic heterocycles. The molecule has 0 bridgehead atoms. The first-order valence-corrected chi connectivity index (χ1v) is 6.39. The van der Waals surface area contributed by atoms with Gasteiger partial charge in [0.25, 0.3) is 0 Å². The highest BCUT2D eigenvalue weighted by molar-refractivity contribution is 5.78. The van der Waals surface area contributed by atoms with E-state index in [0.29, 0.717) is 0 Å². The number of hydrogen-bond donors (Lipinski definition) is 3. The first-order valence-electron chi connectivity index (χ1n) is 6.39. The molecule has 1 aromatic carbocycles. The molecule has 1 saturated heterocycles. The first kappa shape index (κ1) is 10.6. The number of likely N-dealkylation sites (tertiary alicyclic amines) is 1. The molecule has 0 radical (unpaired) electrons. The molecule has 1 fully saturated rings. The van der Waals surface area contributed by atoms with Gasteiger partial charge >= 0.3 is 0 Å². The number of nitrogens with two attached hydrogens (primary N) is 1. The highest BCUT2D eigenvalue weighted by Crippen LogP contribution is 2.14. The number of piperidine rings is 1. The summed E-state index contributed by atoms with van der Waals surface area (Å²) in [6, 6.07) is 5.84. The molecule has 3 rings (SSSR count). The van der Waals surface area contributed by atoms with Gasteiger partial charge in [-0.3, -0.25) is 0 Å². The molecule has 0 saturated carbocycles. The summed E-state index contributed by atoms with van der Waals surface area (Å²) >= 11 is 0. The molecule has 0 spiro atoms. The van der Waals surface area contributed by atoms with Gasteiger partial charge in [-0.25, -0.2) is 4.98 Å². The van der Waals surface area contributed by atoms with Crippen molar-refractivity contribution in [3.63, 3.8) is 0 Å². The van der Waals surface area contributed by atoms with Gasteiger partial charge in [0.05, 0.1) is 24.1 Å². The van der Waals surface area contributed by atoms with Crippen molar-refractivity contribution in [1.29, 1.82) is 0 Å². The summed E-state index contributed by atoms with van der Waals surface area (Å²) in [6.45, 7) is 3.56. The Kier molecular flexibility index (Phi) is 2.73. The van der Waals surface area contributed by atoms with Crippen molar-refractivity contribution in [3.8, 4) is 0 Å². The molecule has 4 heteroatoms. The quantitative estimate of drug-likeness (QED) is 0.667.